The monoisotopic (exact) mass is 439 g/mol. The predicted octanol–water partition coefficient (Wildman–Crippen LogP) is -0.958. The average Bonchev–Trinajstić information content (AvgIpc) is 2.46. The molecule has 0 aliphatic heterocycles. The first-order chi connectivity index (χ1) is 11.8. The number of hydrogen-bond acceptors (Lipinski definition) is 10. The molecule has 15 heteroatoms. The fourth-order valence-corrected chi connectivity index (χ4v) is 3.33. The lowest BCUT2D eigenvalue weighted by atomic mass is 10.2. The summed E-state index contributed by atoms with van der Waals surface area (Å²) < 4.78 is 72.7. The van der Waals surface area contributed by atoms with Crippen LogP contribution in [0.2, 0.25) is 0 Å². The first-order valence-electron chi connectivity index (χ1n) is 7.06. The number of carbonyl (C=O) groups is 2. The molecule has 0 aliphatic carbocycles. The maximum atomic E-state index is 11.7. The van der Waals surface area contributed by atoms with Crippen molar-refractivity contribution in [1.29, 1.82) is 0 Å². The van der Waals surface area contributed by atoms with Crippen LogP contribution in [0.25, 0.3) is 0 Å². The van der Waals surface area contributed by atoms with E-state index in [1.165, 1.54) is 6.92 Å². The Balaban J connectivity index is 4.32. The normalized spacial score (nSPS) is 14.5. The molecule has 2 unspecified atom stereocenters. The second-order valence-electron chi connectivity index (χ2n) is 4.95. The summed E-state index contributed by atoms with van der Waals surface area (Å²) in [6, 6.07) is 0. The summed E-state index contributed by atoms with van der Waals surface area (Å²) in [6.07, 6.45) is -1.42. The molecule has 3 N–H and O–H groups in total. The third-order valence-electron chi connectivity index (χ3n) is 2.45. The van der Waals surface area contributed by atoms with E-state index in [1.807, 2.05) is 0 Å². The van der Waals surface area contributed by atoms with Gasteiger partial charge in [-0.3, -0.25) is 18.7 Å². The molecule has 0 aromatic rings. The maximum absolute atomic E-state index is 11.7. The van der Waals surface area contributed by atoms with Gasteiger partial charge < -0.3 is 10.1 Å². The molecule has 0 aromatic carbocycles. The summed E-state index contributed by atoms with van der Waals surface area (Å²) in [5, 5.41) is 2.44. The third-order valence-corrected chi connectivity index (χ3v) is 4.75. The van der Waals surface area contributed by atoms with Crippen LogP contribution in [0, 0.1) is 5.92 Å². The van der Waals surface area contributed by atoms with Crippen molar-refractivity contribution >= 4 is 44.4 Å². The SMILES string of the molecule is CC(=O)NCCOC(=O)C(C)CSCC(COS(=O)(=O)O)OS(=O)(=O)O. The molecular weight excluding hydrogens is 418 g/mol. The van der Waals surface area contributed by atoms with Gasteiger partial charge in [-0.15, -0.1) is 0 Å². The van der Waals surface area contributed by atoms with Gasteiger partial charge in [0.15, 0.2) is 0 Å². The number of hydrogen-bond donors (Lipinski definition) is 3. The molecule has 0 saturated carbocycles. The van der Waals surface area contributed by atoms with Gasteiger partial charge in [-0.2, -0.15) is 28.6 Å². The number of nitrogens with one attached hydrogen (secondary N) is 1. The highest BCUT2D eigenvalue weighted by atomic mass is 32.3. The number of esters is 1. The standard InChI is InChI=1S/C11H21NO11S3/c1-8(11(14)21-4-3-12-9(2)13)6-24-7-10(23-26(18,19)20)5-22-25(15,16)17/h8,10H,3-7H2,1-2H3,(H,12,13)(H,15,16,17)(H,18,19,20). The van der Waals surface area contributed by atoms with Crippen molar-refractivity contribution in [2.45, 2.75) is 20.0 Å². The molecule has 0 saturated heterocycles. The molecule has 0 aromatic heterocycles. The Morgan fingerprint density at radius 3 is 2.23 bits per heavy atom. The summed E-state index contributed by atoms with van der Waals surface area (Å²) in [5.41, 5.74) is 0. The van der Waals surface area contributed by atoms with E-state index in [1.54, 1.807) is 6.92 Å². The van der Waals surface area contributed by atoms with E-state index >= 15 is 0 Å². The number of rotatable bonds is 13. The molecule has 0 heterocycles. The minimum atomic E-state index is -4.88. The van der Waals surface area contributed by atoms with Crippen LogP contribution in [-0.2, 0) is 43.5 Å². The van der Waals surface area contributed by atoms with Crippen molar-refractivity contribution < 1.29 is 48.6 Å². The zero-order chi connectivity index (χ0) is 20.4. The zero-order valence-corrected chi connectivity index (χ0v) is 16.4. The van der Waals surface area contributed by atoms with Crippen molar-refractivity contribution in [2.75, 3.05) is 31.3 Å². The fraction of sp³-hybridized carbons (Fsp3) is 0.818. The molecule has 12 nitrogen and oxygen atoms in total. The molecule has 0 rings (SSSR count). The minimum absolute atomic E-state index is 0.00981. The van der Waals surface area contributed by atoms with Crippen molar-refractivity contribution in [2.24, 2.45) is 5.92 Å². The van der Waals surface area contributed by atoms with E-state index in [-0.39, 0.29) is 30.6 Å². The van der Waals surface area contributed by atoms with Crippen LogP contribution in [0.3, 0.4) is 0 Å². The molecular formula is C11H21NO11S3. The lowest BCUT2D eigenvalue weighted by molar-refractivity contribution is -0.147. The second-order valence-corrected chi connectivity index (χ2v) is 8.16. The number of carbonyl (C=O) groups excluding carboxylic acids is 2. The largest absolute Gasteiger partial charge is 0.464 e. The maximum Gasteiger partial charge on any atom is 0.397 e. The van der Waals surface area contributed by atoms with E-state index in [4.69, 9.17) is 13.8 Å². The van der Waals surface area contributed by atoms with E-state index in [0.717, 1.165) is 11.8 Å². The molecule has 0 radical (unpaired) electrons. The van der Waals surface area contributed by atoms with Gasteiger partial charge in [0.1, 0.15) is 12.7 Å². The van der Waals surface area contributed by atoms with Crippen molar-refractivity contribution in [3.8, 4) is 0 Å². The lowest BCUT2D eigenvalue weighted by Gasteiger charge is -2.16. The Bertz CT molecular complexity index is 661. The average molecular weight is 439 g/mol. The quantitative estimate of drug-likeness (QED) is 0.182. The van der Waals surface area contributed by atoms with Crippen LogP contribution < -0.4 is 5.32 Å². The van der Waals surface area contributed by atoms with Crippen LogP contribution in [0.15, 0.2) is 0 Å². The van der Waals surface area contributed by atoms with Crippen LogP contribution in [0.5, 0.6) is 0 Å². The summed E-state index contributed by atoms with van der Waals surface area (Å²) in [5.74, 6) is -1.41. The van der Waals surface area contributed by atoms with Crippen molar-refractivity contribution in [3.63, 3.8) is 0 Å². The van der Waals surface area contributed by atoms with Gasteiger partial charge in [0, 0.05) is 18.4 Å². The number of ether oxygens (including phenoxy) is 1. The molecule has 26 heavy (non-hydrogen) atoms. The fourth-order valence-electron chi connectivity index (χ4n) is 1.40. The zero-order valence-electron chi connectivity index (χ0n) is 14.0. The highest BCUT2D eigenvalue weighted by Gasteiger charge is 2.22. The van der Waals surface area contributed by atoms with Crippen LogP contribution >= 0.6 is 11.8 Å². The second kappa shape index (κ2) is 11.7. The minimum Gasteiger partial charge on any atom is -0.464 e. The Morgan fingerprint density at radius 2 is 1.73 bits per heavy atom. The first-order valence-corrected chi connectivity index (χ1v) is 10.9. The first kappa shape index (κ1) is 25.0. The van der Waals surface area contributed by atoms with E-state index in [0.29, 0.717) is 0 Å². The van der Waals surface area contributed by atoms with Gasteiger partial charge >= 0.3 is 26.8 Å². The Hall–Kier alpha value is -0.970. The summed E-state index contributed by atoms with van der Waals surface area (Å²) in [6.45, 7) is 2.16. The Labute approximate surface area is 155 Å². The van der Waals surface area contributed by atoms with Gasteiger partial charge in [-0.05, 0) is 0 Å². The summed E-state index contributed by atoms with van der Waals surface area (Å²) >= 11 is 1.01. The van der Waals surface area contributed by atoms with Gasteiger partial charge in [-0.25, -0.2) is 8.37 Å². The van der Waals surface area contributed by atoms with Gasteiger partial charge in [0.25, 0.3) is 0 Å². The molecule has 154 valence electrons. The Morgan fingerprint density at radius 1 is 1.12 bits per heavy atom. The predicted molar refractivity (Wildman–Crippen MR) is 90.1 cm³/mol. The third kappa shape index (κ3) is 15.3. The summed E-state index contributed by atoms with van der Waals surface area (Å²) in [7, 11) is -9.69. The molecule has 0 bridgehead atoms. The number of amides is 1. The molecule has 1 amide bonds. The smallest absolute Gasteiger partial charge is 0.397 e. The molecule has 0 fully saturated rings. The molecule has 2 atom stereocenters. The van der Waals surface area contributed by atoms with Crippen molar-refractivity contribution in [3.05, 3.63) is 0 Å². The highest BCUT2D eigenvalue weighted by Crippen LogP contribution is 2.14. The van der Waals surface area contributed by atoms with E-state index < -0.39 is 45.4 Å². The van der Waals surface area contributed by atoms with Gasteiger partial charge in [-0.1, -0.05) is 6.92 Å². The van der Waals surface area contributed by atoms with E-state index in [9.17, 15) is 26.4 Å². The highest BCUT2D eigenvalue weighted by molar-refractivity contribution is 7.99. The molecule has 0 aliphatic rings. The van der Waals surface area contributed by atoms with Gasteiger partial charge in [0.2, 0.25) is 5.91 Å². The topological polar surface area (TPSA) is 183 Å². The lowest BCUT2D eigenvalue weighted by Crippen LogP contribution is -2.29. The van der Waals surface area contributed by atoms with Crippen molar-refractivity contribution in [1.82, 2.24) is 5.32 Å². The molecule has 0 spiro atoms. The van der Waals surface area contributed by atoms with Gasteiger partial charge in [0.05, 0.1) is 19.1 Å². The van der Waals surface area contributed by atoms with Crippen LogP contribution in [0.1, 0.15) is 13.8 Å². The Kier molecular flexibility index (Phi) is 11.2. The van der Waals surface area contributed by atoms with Crippen LogP contribution in [0.4, 0.5) is 0 Å². The summed E-state index contributed by atoms with van der Waals surface area (Å²) in [4.78, 5) is 22.3. The van der Waals surface area contributed by atoms with Crippen LogP contribution in [-0.4, -0.2) is 75.2 Å². The number of thioether (sulfide) groups is 1. The van der Waals surface area contributed by atoms with E-state index in [2.05, 4.69) is 13.7 Å².